The van der Waals surface area contributed by atoms with Crippen molar-refractivity contribution >= 4 is 27.3 Å². The van der Waals surface area contributed by atoms with Gasteiger partial charge in [0.15, 0.2) is 0 Å². The van der Waals surface area contributed by atoms with E-state index in [4.69, 9.17) is 0 Å². The number of carbonyl (C=O) groups excluding carboxylic acids is 1. The van der Waals surface area contributed by atoms with Crippen LogP contribution in [0.5, 0.6) is 0 Å². The zero-order chi connectivity index (χ0) is 21.1. The highest BCUT2D eigenvalue weighted by Crippen LogP contribution is 2.28. The minimum atomic E-state index is -3.54. The highest BCUT2D eigenvalue weighted by Gasteiger charge is 2.33. The first-order valence-electron chi connectivity index (χ1n) is 9.72. The summed E-state index contributed by atoms with van der Waals surface area (Å²) in [5.41, 5.74) is 1.85. The van der Waals surface area contributed by atoms with E-state index < -0.39 is 10.0 Å². The maximum atomic E-state index is 12.9. The summed E-state index contributed by atoms with van der Waals surface area (Å²) in [6.07, 6.45) is 4.46. The van der Waals surface area contributed by atoms with E-state index >= 15 is 0 Å². The molecule has 1 N–H and O–H groups in total. The number of benzene rings is 1. The van der Waals surface area contributed by atoms with Crippen molar-refractivity contribution in [3.63, 3.8) is 0 Å². The fourth-order valence-electron chi connectivity index (χ4n) is 3.49. The molecule has 10 heteroatoms. The molecule has 0 radical (unpaired) electrons. The van der Waals surface area contributed by atoms with Crippen molar-refractivity contribution in [3.05, 3.63) is 59.5 Å². The SMILES string of the molecule is Cc1ccc(S(=O)(=O)N2CCCC(C(=O)NCc3ccc(-n4cncn4)cc3)C2)s1. The first-order chi connectivity index (χ1) is 14.4. The largest absolute Gasteiger partial charge is 0.352 e. The van der Waals surface area contributed by atoms with Crippen molar-refractivity contribution in [2.45, 2.75) is 30.5 Å². The number of piperidine rings is 1. The molecule has 0 spiro atoms. The van der Waals surface area contributed by atoms with Gasteiger partial charge in [-0.25, -0.2) is 18.1 Å². The number of hydrogen-bond acceptors (Lipinski definition) is 6. The second kappa shape index (κ2) is 8.66. The molecule has 8 nitrogen and oxygen atoms in total. The number of carbonyl (C=O) groups is 1. The van der Waals surface area contributed by atoms with Crippen LogP contribution in [-0.2, 0) is 21.4 Å². The minimum absolute atomic E-state index is 0.113. The van der Waals surface area contributed by atoms with Gasteiger partial charge in [0, 0.05) is 24.5 Å². The van der Waals surface area contributed by atoms with Gasteiger partial charge in [0.1, 0.15) is 16.9 Å². The second-order valence-corrected chi connectivity index (χ2v) is 10.7. The molecular weight excluding hydrogens is 422 g/mol. The molecule has 158 valence electrons. The number of sulfonamides is 1. The van der Waals surface area contributed by atoms with Gasteiger partial charge < -0.3 is 5.32 Å². The van der Waals surface area contributed by atoms with E-state index in [1.807, 2.05) is 31.2 Å². The number of aryl methyl sites for hydroxylation is 1. The zero-order valence-electron chi connectivity index (χ0n) is 16.6. The first kappa shape index (κ1) is 20.7. The van der Waals surface area contributed by atoms with Crippen molar-refractivity contribution in [2.24, 2.45) is 5.92 Å². The summed E-state index contributed by atoms with van der Waals surface area (Å²) in [5, 5.41) is 7.03. The Bertz CT molecular complexity index is 1110. The van der Waals surface area contributed by atoms with E-state index in [2.05, 4.69) is 15.4 Å². The molecule has 0 aliphatic carbocycles. The van der Waals surface area contributed by atoms with Crippen LogP contribution in [0.4, 0.5) is 0 Å². The lowest BCUT2D eigenvalue weighted by Gasteiger charge is -2.30. The summed E-state index contributed by atoms with van der Waals surface area (Å²) >= 11 is 1.27. The Kier molecular flexibility index (Phi) is 5.98. The Morgan fingerprint density at radius 3 is 2.70 bits per heavy atom. The summed E-state index contributed by atoms with van der Waals surface area (Å²) in [5.74, 6) is -0.457. The normalized spacial score (nSPS) is 17.7. The average molecular weight is 446 g/mol. The standard InChI is InChI=1S/C20H23N5O3S2/c1-15-4-9-19(29-15)30(27,28)24-10-2-3-17(12-24)20(26)22-11-16-5-7-18(8-6-16)25-14-21-13-23-25/h4-9,13-14,17H,2-3,10-12H2,1H3,(H,22,26). The van der Waals surface area contributed by atoms with Crippen molar-refractivity contribution in [2.75, 3.05) is 13.1 Å². The molecule has 1 fully saturated rings. The second-order valence-electron chi connectivity index (χ2n) is 7.29. The van der Waals surface area contributed by atoms with E-state index in [0.717, 1.165) is 16.1 Å². The van der Waals surface area contributed by atoms with Gasteiger partial charge in [0.05, 0.1) is 11.6 Å². The van der Waals surface area contributed by atoms with Crippen LogP contribution in [0.2, 0.25) is 0 Å². The van der Waals surface area contributed by atoms with Crippen LogP contribution in [-0.4, -0.2) is 46.5 Å². The third kappa shape index (κ3) is 4.45. The molecule has 30 heavy (non-hydrogen) atoms. The van der Waals surface area contributed by atoms with Gasteiger partial charge >= 0.3 is 0 Å². The van der Waals surface area contributed by atoms with Gasteiger partial charge in [0.2, 0.25) is 5.91 Å². The molecular formula is C20H23N5O3S2. The molecule has 1 saturated heterocycles. The quantitative estimate of drug-likeness (QED) is 0.628. The van der Waals surface area contributed by atoms with Gasteiger partial charge in [-0.05, 0) is 49.6 Å². The van der Waals surface area contributed by atoms with Crippen LogP contribution < -0.4 is 5.32 Å². The van der Waals surface area contributed by atoms with Gasteiger partial charge in [-0.3, -0.25) is 4.79 Å². The smallest absolute Gasteiger partial charge is 0.252 e. The lowest BCUT2D eigenvalue weighted by Crippen LogP contribution is -2.45. The van der Waals surface area contributed by atoms with E-state index in [9.17, 15) is 13.2 Å². The molecule has 1 aliphatic rings. The number of nitrogens with zero attached hydrogens (tertiary/aromatic N) is 4. The van der Waals surface area contributed by atoms with E-state index in [-0.39, 0.29) is 18.4 Å². The maximum absolute atomic E-state index is 12.9. The van der Waals surface area contributed by atoms with Gasteiger partial charge in [-0.1, -0.05) is 12.1 Å². The summed E-state index contributed by atoms with van der Waals surface area (Å²) in [6, 6.07) is 11.1. The van der Waals surface area contributed by atoms with Crippen LogP contribution in [0.1, 0.15) is 23.3 Å². The Morgan fingerprint density at radius 2 is 2.03 bits per heavy atom. The Morgan fingerprint density at radius 1 is 1.23 bits per heavy atom. The first-order valence-corrected chi connectivity index (χ1v) is 12.0. The number of amides is 1. The number of aromatic nitrogens is 3. The van der Waals surface area contributed by atoms with E-state index in [1.54, 1.807) is 23.1 Å². The van der Waals surface area contributed by atoms with Crippen LogP contribution >= 0.6 is 11.3 Å². The predicted octanol–water partition coefficient (Wildman–Crippen LogP) is 2.35. The molecule has 1 aromatic carbocycles. The molecule has 1 amide bonds. The third-order valence-electron chi connectivity index (χ3n) is 5.15. The number of thiophene rings is 1. The molecule has 1 aliphatic heterocycles. The summed E-state index contributed by atoms with van der Waals surface area (Å²) in [7, 11) is -3.54. The topological polar surface area (TPSA) is 97.2 Å². The van der Waals surface area contributed by atoms with Gasteiger partial charge in [-0.2, -0.15) is 9.40 Å². The zero-order valence-corrected chi connectivity index (χ0v) is 18.2. The maximum Gasteiger partial charge on any atom is 0.252 e. The molecule has 1 atom stereocenters. The fourth-order valence-corrected chi connectivity index (χ4v) is 6.46. The van der Waals surface area contributed by atoms with Crippen LogP contribution in [0.3, 0.4) is 0 Å². The van der Waals surface area contributed by atoms with Crippen molar-refractivity contribution in [1.82, 2.24) is 24.4 Å². The molecule has 1 unspecified atom stereocenters. The van der Waals surface area contributed by atoms with Crippen molar-refractivity contribution < 1.29 is 13.2 Å². The predicted molar refractivity (Wildman–Crippen MR) is 114 cm³/mol. The Labute approximate surface area is 179 Å². The molecule has 3 heterocycles. The highest BCUT2D eigenvalue weighted by molar-refractivity contribution is 7.91. The van der Waals surface area contributed by atoms with Crippen molar-refractivity contribution in [3.8, 4) is 5.69 Å². The van der Waals surface area contributed by atoms with Gasteiger partial charge in [-0.15, -0.1) is 11.3 Å². The third-order valence-corrected chi connectivity index (χ3v) is 8.48. The van der Waals surface area contributed by atoms with Crippen LogP contribution in [0, 0.1) is 12.8 Å². The van der Waals surface area contributed by atoms with Crippen molar-refractivity contribution in [1.29, 1.82) is 0 Å². The van der Waals surface area contributed by atoms with E-state index in [1.165, 1.54) is 22.0 Å². The lowest BCUT2D eigenvalue weighted by molar-refractivity contribution is -0.126. The molecule has 0 bridgehead atoms. The lowest BCUT2D eigenvalue weighted by atomic mass is 9.99. The molecule has 4 rings (SSSR count). The summed E-state index contributed by atoms with van der Waals surface area (Å²) in [4.78, 5) is 17.6. The molecule has 0 saturated carbocycles. The summed E-state index contributed by atoms with van der Waals surface area (Å²) < 4.78 is 29.2. The Balaban J connectivity index is 1.35. The Hall–Kier alpha value is -2.56. The minimum Gasteiger partial charge on any atom is -0.352 e. The monoisotopic (exact) mass is 445 g/mol. The average Bonchev–Trinajstić information content (AvgIpc) is 3.45. The van der Waals surface area contributed by atoms with E-state index in [0.29, 0.717) is 30.1 Å². The number of hydrogen-bond donors (Lipinski definition) is 1. The molecule has 3 aromatic rings. The van der Waals surface area contributed by atoms with Gasteiger partial charge in [0.25, 0.3) is 10.0 Å². The highest BCUT2D eigenvalue weighted by atomic mass is 32.2. The van der Waals surface area contributed by atoms with Crippen LogP contribution in [0.25, 0.3) is 5.69 Å². The molecule has 2 aromatic heterocycles. The number of nitrogens with one attached hydrogen (secondary N) is 1. The number of rotatable bonds is 6. The van der Waals surface area contributed by atoms with Crippen LogP contribution in [0.15, 0.2) is 53.3 Å². The fraction of sp³-hybridized carbons (Fsp3) is 0.350. The summed E-state index contributed by atoms with van der Waals surface area (Å²) in [6.45, 7) is 2.95.